The number of rotatable bonds is 8. The molecule has 8 heteroatoms. The summed E-state index contributed by atoms with van der Waals surface area (Å²) in [5.74, 6) is 2.18. The van der Waals surface area contributed by atoms with Crippen LogP contribution < -0.4 is 0 Å². The highest BCUT2D eigenvalue weighted by atomic mass is 32.2. The molecule has 1 aromatic heterocycles. The maximum absolute atomic E-state index is 11.3. The predicted octanol–water partition coefficient (Wildman–Crippen LogP) is 2.18. The van der Waals surface area contributed by atoms with Crippen LogP contribution in [0.2, 0.25) is 0 Å². The molecule has 1 fully saturated rings. The summed E-state index contributed by atoms with van der Waals surface area (Å²) in [6.45, 7) is 2.32. The van der Waals surface area contributed by atoms with Crippen molar-refractivity contribution in [2.45, 2.75) is 32.7 Å². The van der Waals surface area contributed by atoms with E-state index in [9.17, 15) is 14.9 Å². The fourth-order valence-corrected chi connectivity index (χ4v) is 3.53. The van der Waals surface area contributed by atoms with E-state index in [0.717, 1.165) is 24.3 Å². The van der Waals surface area contributed by atoms with Crippen molar-refractivity contribution in [2.75, 3.05) is 18.6 Å². The largest absolute Gasteiger partial charge is 0.469 e. The molecule has 1 heterocycles. The average molecular weight is 313 g/mol. The standard InChI is InChI=1S/C13H19N3O4S/c1-10-14-8-11(16(18)19)15(10)5-6-21-9-13(3-4-13)7-12(17)20-2/h8H,3-7,9H2,1-2H3. The number of carbonyl (C=O) groups is 1. The van der Waals surface area contributed by atoms with E-state index in [1.54, 1.807) is 23.3 Å². The summed E-state index contributed by atoms with van der Waals surface area (Å²) in [6, 6.07) is 0. The molecule has 1 aromatic rings. The molecule has 21 heavy (non-hydrogen) atoms. The van der Waals surface area contributed by atoms with Crippen molar-refractivity contribution in [1.29, 1.82) is 0 Å². The van der Waals surface area contributed by atoms with Crippen molar-refractivity contribution in [3.63, 3.8) is 0 Å². The van der Waals surface area contributed by atoms with Gasteiger partial charge in [-0.25, -0.2) is 9.55 Å². The van der Waals surface area contributed by atoms with E-state index >= 15 is 0 Å². The van der Waals surface area contributed by atoms with E-state index in [0.29, 0.717) is 18.8 Å². The first kappa shape index (κ1) is 15.8. The molecule has 0 aromatic carbocycles. The number of thioether (sulfide) groups is 1. The Kier molecular flexibility index (Phi) is 4.87. The summed E-state index contributed by atoms with van der Waals surface area (Å²) in [5, 5.41) is 10.9. The van der Waals surface area contributed by atoms with Gasteiger partial charge in [0.15, 0.2) is 5.82 Å². The van der Waals surface area contributed by atoms with Crippen LogP contribution in [0.3, 0.4) is 0 Å². The minimum absolute atomic E-state index is 0.0313. The summed E-state index contributed by atoms with van der Waals surface area (Å²) in [5.41, 5.74) is 0.0909. The Morgan fingerprint density at radius 1 is 1.62 bits per heavy atom. The second kappa shape index (κ2) is 6.46. The van der Waals surface area contributed by atoms with Crippen molar-refractivity contribution >= 4 is 23.5 Å². The lowest BCUT2D eigenvalue weighted by molar-refractivity contribution is -0.392. The molecule has 2 rings (SSSR count). The molecule has 1 aliphatic carbocycles. The molecule has 1 saturated carbocycles. The topological polar surface area (TPSA) is 87.3 Å². The molecule has 0 atom stereocenters. The Labute approximate surface area is 127 Å². The van der Waals surface area contributed by atoms with Gasteiger partial charge in [0.1, 0.15) is 12.7 Å². The number of hydrogen-bond donors (Lipinski definition) is 0. The summed E-state index contributed by atoms with van der Waals surface area (Å²) in [4.78, 5) is 25.8. The Balaban J connectivity index is 1.79. The van der Waals surface area contributed by atoms with Crippen LogP contribution in [0.25, 0.3) is 0 Å². The SMILES string of the molecule is COC(=O)CC1(CSCCn2c([N+](=O)[O-])cnc2C)CC1. The number of esters is 1. The third-order valence-electron chi connectivity index (χ3n) is 3.79. The van der Waals surface area contributed by atoms with E-state index < -0.39 is 4.92 Å². The lowest BCUT2D eigenvalue weighted by Gasteiger charge is -2.12. The molecule has 0 amide bonds. The summed E-state index contributed by atoms with van der Waals surface area (Å²) >= 11 is 1.72. The molecule has 7 nitrogen and oxygen atoms in total. The summed E-state index contributed by atoms with van der Waals surface area (Å²) in [7, 11) is 1.41. The van der Waals surface area contributed by atoms with Crippen molar-refractivity contribution in [3.8, 4) is 0 Å². The number of aromatic nitrogens is 2. The Morgan fingerprint density at radius 3 is 2.90 bits per heavy atom. The van der Waals surface area contributed by atoms with Crippen LogP contribution in [0.5, 0.6) is 0 Å². The Hall–Kier alpha value is -1.57. The van der Waals surface area contributed by atoms with Gasteiger partial charge in [-0.1, -0.05) is 0 Å². The van der Waals surface area contributed by atoms with Gasteiger partial charge in [-0.15, -0.1) is 0 Å². The molecule has 0 N–H and O–H groups in total. The number of methoxy groups -OCH3 is 1. The third-order valence-corrected chi connectivity index (χ3v) is 5.08. The van der Waals surface area contributed by atoms with E-state index in [4.69, 9.17) is 4.74 Å². The molecule has 0 spiro atoms. The molecule has 116 valence electrons. The maximum atomic E-state index is 11.3. The highest BCUT2D eigenvalue weighted by Gasteiger charge is 2.44. The van der Waals surface area contributed by atoms with Crippen LogP contribution in [0, 0.1) is 22.5 Å². The Morgan fingerprint density at radius 2 is 2.33 bits per heavy atom. The zero-order valence-electron chi connectivity index (χ0n) is 12.2. The van der Waals surface area contributed by atoms with Gasteiger partial charge >= 0.3 is 11.8 Å². The van der Waals surface area contributed by atoms with Crippen LogP contribution in [-0.4, -0.2) is 39.1 Å². The molecule has 0 unspecified atom stereocenters. The van der Waals surface area contributed by atoms with Gasteiger partial charge in [0.05, 0.1) is 13.5 Å². The maximum Gasteiger partial charge on any atom is 0.342 e. The van der Waals surface area contributed by atoms with Crippen LogP contribution in [0.4, 0.5) is 5.82 Å². The molecule has 1 aliphatic rings. The quantitative estimate of drug-likeness (QED) is 0.316. The molecular weight excluding hydrogens is 294 g/mol. The van der Waals surface area contributed by atoms with E-state index in [1.165, 1.54) is 13.3 Å². The van der Waals surface area contributed by atoms with Gasteiger partial charge in [-0.05, 0) is 28.9 Å². The molecule has 0 radical (unpaired) electrons. The zero-order chi connectivity index (χ0) is 15.5. The normalized spacial score (nSPS) is 15.7. The third kappa shape index (κ3) is 3.96. The summed E-state index contributed by atoms with van der Waals surface area (Å²) < 4.78 is 6.33. The minimum Gasteiger partial charge on any atom is -0.469 e. The second-order valence-corrected chi connectivity index (χ2v) is 6.48. The van der Waals surface area contributed by atoms with Crippen molar-refractivity contribution in [2.24, 2.45) is 5.41 Å². The number of ether oxygens (including phenoxy) is 1. The van der Waals surface area contributed by atoms with E-state index in [-0.39, 0.29) is 17.2 Å². The van der Waals surface area contributed by atoms with Gasteiger partial charge in [-0.3, -0.25) is 4.79 Å². The number of imidazole rings is 1. The number of aryl methyl sites for hydroxylation is 1. The van der Waals surface area contributed by atoms with Gasteiger partial charge in [0.2, 0.25) is 0 Å². The molecule has 0 aliphatic heterocycles. The number of nitrogens with zero attached hydrogens (tertiary/aromatic N) is 3. The fraction of sp³-hybridized carbons (Fsp3) is 0.692. The average Bonchev–Trinajstić information content (AvgIpc) is 3.10. The first-order valence-corrected chi connectivity index (χ1v) is 7.94. The van der Waals surface area contributed by atoms with Crippen LogP contribution in [-0.2, 0) is 16.1 Å². The number of nitro groups is 1. The smallest absolute Gasteiger partial charge is 0.342 e. The summed E-state index contributed by atoms with van der Waals surface area (Å²) in [6.07, 6.45) is 3.87. The van der Waals surface area contributed by atoms with Gasteiger partial charge in [0.25, 0.3) is 0 Å². The molecular formula is C13H19N3O4S. The van der Waals surface area contributed by atoms with E-state index in [2.05, 4.69) is 4.98 Å². The van der Waals surface area contributed by atoms with Gasteiger partial charge < -0.3 is 14.9 Å². The monoisotopic (exact) mass is 313 g/mol. The van der Waals surface area contributed by atoms with Gasteiger partial charge in [0, 0.05) is 12.7 Å². The van der Waals surface area contributed by atoms with Crippen molar-refractivity contribution in [1.82, 2.24) is 9.55 Å². The lowest BCUT2D eigenvalue weighted by atomic mass is 10.1. The first-order valence-electron chi connectivity index (χ1n) is 6.78. The fourth-order valence-electron chi connectivity index (χ4n) is 2.25. The van der Waals surface area contributed by atoms with Crippen molar-refractivity contribution in [3.05, 3.63) is 22.1 Å². The van der Waals surface area contributed by atoms with Gasteiger partial charge in [-0.2, -0.15) is 11.8 Å². The highest BCUT2D eigenvalue weighted by Crippen LogP contribution is 2.51. The Bertz CT molecular complexity index is 540. The van der Waals surface area contributed by atoms with Crippen LogP contribution >= 0.6 is 11.8 Å². The predicted molar refractivity (Wildman–Crippen MR) is 79.2 cm³/mol. The van der Waals surface area contributed by atoms with E-state index in [1.807, 2.05) is 0 Å². The molecule has 0 bridgehead atoms. The molecule has 0 saturated heterocycles. The number of carbonyl (C=O) groups excluding carboxylic acids is 1. The van der Waals surface area contributed by atoms with Crippen LogP contribution in [0.15, 0.2) is 6.20 Å². The highest BCUT2D eigenvalue weighted by molar-refractivity contribution is 7.99. The van der Waals surface area contributed by atoms with Crippen LogP contribution in [0.1, 0.15) is 25.1 Å². The zero-order valence-corrected chi connectivity index (χ0v) is 13.0. The number of hydrogen-bond acceptors (Lipinski definition) is 6. The lowest BCUT2D eigenvalue weighted by Crippen LogP contribution is -2.14. The first-order chi connectivity index (χ1) is 9.97. The van der Waals surface area contributed by atoms with Crippen molar-refractivity contribution < 1.29 is 14.5 Å². The second-order valence-electron chi connectivity index (χ2n) is 5.38. The minimum atomic E-state index is -0.412.